The zero-order valence-corrected chi connectivity index (χ0v) is 12.6. The largest absolute Gasteiger partial charge is 0.383 e. The molecule has 1 aliphatic heterocycles. The summed E-state index contributed by atoms with van der Waals surface area (Å²) in [6.45, 7) is 7.52. The monoisotopic (exact) mass is 279 g/mol. The summed E-state index contributed by atoms with van der Waals surface area (Å²) >= 11 is 0. The number of aromatic nitrogens is 2. The number of aryl methyl sites for hydroxylation is 1. The molecule has 0 radical (unpaired) electrons. The van der Waals surface area contributed by atoms with Gasteiger partial charge in [0.2, 0.25) is 0 Å². The van der Waals surface area contributed by atoms with E-state index in [-0.39, 0.29) is 6.10 Å². The zero-order chi connectivity index (χ0) is 14.5. The van der Waals surface area contributed by atoms with Gasteiger partial charge in [0.15, 0.2) is 0 Å². The minimum absolute atomic E-state index is 0.193. The SMILES string of the molecule is CCCc1nc(N)c(C)c(NCC2CN(C)CCO2)n1. The highest BCUT2D eigenvalue weighted by Gasteiger charge is 2.18. The number of nitrogens with two attached hydrogens (primary N) is 1. The lowest BCUT2D eigenvalue weighted by atomic mass is 10.2. The Balaban J connectivity index is 2.00. The topological polar surface area (TPSA) is 76.3 Å². The second-order valence-electron chi connectivity index (χ2n) is 5.38. The summed E-state index contributed by atoms with van der Waals surface area (Å²) in [7, 11) is 2.11. The van der Waals surface area contributed by atoms with Crippen molar-refractivity contribution in [1.82, 2.24) is 14.9 Å². The highest BCUT2D eigenvalue weighted by molar-refractivity contribution is 5.54. The number of morpholine rings is 1. The first-order valence-electron chi connectivity index (χ1n) is 7.27. The van der Waals surface area contributed by atoms with Gasteiger partial charge in [-0.3, -0.25) is 0 Å². The van der Waals surface area contributed by atoms with Gasteiger partial charge in [-0.2, -0.15) is 0 Å². The minimum atomic E-state index is 0.193. The number of rotatable bonds is 5. The molecule has 0 aromatic carbocycles. The number of anilines is 2. The Morgan fingerprint density at radius 1 is 1.45 bits per heavy atom. The van der Waals surface area contributed by atoms with Crippen LogP contribution in [0.5, 0.6) is 0 Å². The molecule has 1 unspecified atom stereocenters. The predicted octanol–water partition coefficient (Wildman–Crippen LogP) is 1.06. The van der Waals surface area contributed by atoms with Crippen molar-refractivity contribution in [2.24, 2.45) is 0 Å². The third-order valence-electron chi connectivity index (χ3n) is 3.54. The van der Waals surface area contributed by atoms with Crippen LogP contribution in [-0.4, -0.2) is 54.3 Å². The van der Waals surface area contributed by atoms with E-state index in [9.17, 15) is 0 Å². The van der Waals surface area contributed by atoms with Gasteiger partial charge >= 0.3 is 0 Å². The summed E-state index contributed by atoms with van der Waals surface area (Å²) in [5.74, 6) is 2.20. The molecule has 20 heavy (non-hydrogen) atoms. The van der Waals surface area contributed by atoms with Crippen molar-refractivity contribution in [3.8, 4) is 0 Å². The van der Waals surface area contributed by atoms with Crippen LogP contribution in [0.25, 0.3) is 0 Å². The van der Waals surface area contributed by atoms with Crippen molar-refractivity contribution >= 4 is 11.6 Å². The number of nitrogens with one attached hydrogen (secondary N) is 1. The Hall–Kier alpha value is -1.40. The number of nitrogens with zero attached hydrogens (tertiary/aromatic N) is 3. The standard InChI is InChI=1S/C14H25N5O/c1-4-5-12-17-13(15)10(2)14(18-12)16-8-11-9-19(3)6-7-20-11/h11H,4-9H2,1-3H3,(H3,15,16,17,18). The zero-order valence-electron chi connectivity index (χ0n) is 12.6. The van der Waals surface area contributed by atoms with Crippen LogP contribution in [0.15, 0.2) is 0 Å². The van der Waals surface area contributed by atoms with E-state index >= 15 is 0 Å². The van der Waals surface area contributed by atoms with Gasteiger partial charge in [-0.1, -0.05) is 6.92 Å². The molecule has 0 spiro atoms. The Morgan fingerprint density at radius 3 is 2.95 bits per heavy atom. The molecule has 2 rings (SSSR count). The second-order valence-corrected chi connectivity index (χ2v) is 5.38. The predicted molar refractivity (Wildman–Crippen MR) is 80.9 cm³/mol. The van der Waals surface area contributed by atoms with Gasteiger partial charge in [-0.25, -0.2) is 9.97 Å². The molecule has 1 fully saturated rings. The quantitative estimate of drug-likeness (QED) is 0.839. The molecule has 1 aromatic rings. The van der Waals surface area contributed by atoms with E-state index in [1.165, 1.54) is 0 Å². The lowest BCUT2D eigenvalue weighted by Crippen LogP contribution is -2.43. The summed E-state index contributed by atoms with van der Waals surface area (Å²) in [4.78, 5) is 11.1. The van der Waals surface area contributed by atoms with Crippen molar-refractivity contribution < 1.29 is 4.74 Å². The van der Waals surface area contributed by atoms with E-state index in [1.807, 2.05) is 6.92 Å². The fraction of sp³-hybridized carbons (Fsp3) is 0.714. The molecule has 6 heteroatoms. The summed E-state index contributed by atoms with van der Waals surface area (Å²) < 4.78 is 5.74. The highest BCUT2D eigenvalue weighted by Crippen LogP contribution is 2.18. The fourth-order valence-corrected chi connectivity index (χ4v) is 2.29. The summed E-state index contributed by atoms with van der Waals surface area (Å²) in [6, 6.07) is 0. The molecule has 112 valence electrons. The Morgan fingerprint density at radius 2 is 2.25 bits per heavy atom. The van der Waals surface area contributed by atoms with Crippen molar-refractivity contribution in [2.45, 2.75) is 32.8 Å². The Kier molecular flexibility index (Phi) is 5.14. The van der Waals surface area contributed by atoms with Crippen LogP contribution in [0.4, 0.5) is 11.6 Å². The maximum absolute atomic E-state index is 5.95. The molecule has 3 N–H and O–H groups in total. The molecule has 1 aromatic heterocycles. The van der Waals surface area contributed by atoms with Gasteiger partial charge in [-0.15, -0.1) is 0 Å². The molecule has 1 atom stereocenters. The van der Waals surface area contributed by atoms with E-state index in [2.05, 4.69) is 34.2 Å². The first-order valence-corrected chi connectivity index (χ1v) is 7.27. The third-order valence-corrected chi connectivity index (χ3v) is 3.54. The van der Waals surface area contributed by atoms with Crippen LogP contribution in [0.2, 0.25) is 0 Å². The lowest BCUT2D eigenvalue weighted by Gasteiger charge is -2.30. The van der Waals surface area contributed by atoms with Gasteiger partial charge in [0.1, 0.15) is 17.5 Å². The summed E-state index contributed by atoms with van der Waals surface area (Å²) in [5, 5.41) is 3.36. The molecule has 0 saturated carbocycles. The summed E-state index contributed by atoms with van der Waals surface area (Å²) in [5.41, 5.74) is 6.86. The van der Waals surface area contributed by atoms with E-state index < -0.39 is 0 Å². The van der Waals surface area contributed by atoms with E-state index in [0.29, 0.717) is 5.82 Å². The minimum Gasteiger partial charge on any atom is -0.383 e. The molecule has 0 aliphatic carbocycles. The van der Waals surface area contributed by atoms with Gasteiger partial charge in [0.05, 0.1) is 12.7 Å². The van der Waals surface area contributed by atoms with Crippen molar-refractivity contribution in [3.63, 3.8) is 0 Å². The van der Waals surface area contributed by atoms with Crippen LogP contribution < -0.4 is 11.1 Å². The Labute approximate surface area is 120 Å². The Bertz CT molecular complexity index is 451. The molecule has 0 amide bonds. The smallest absolute Gasteiger partial charge is 0.134 e. The fourth-order valence-electron chi connectivity index (χ4n) is 2.29. The first-order chi connectivity index (χ1) is 9.60. The average Bonchev–Trinajstić information content (AvgIpc) is 2.41. The van der Waals surface area contributed by atoms with Gasteiger partial charge in [0.25, 0.3) is 0 Å². The van der Waals surface area contributed by atoms with Gasteiger partial charge < -0.3 is 20.7 Å². The molecular formula is C14H25N5O. The lowest BCUT2D eigenvalue weighted by molar-refractivity contribution is -0.0117. The highest BCUT2D eigenvalue weighted by atomic mass is 16.5. The molecule has 1 aliphatic rings. The third kappa shape index (κ3) is 3.80. The van der Waals surface area contributed by atoms with E-state index in [1.54, 1.807) is 0 Å². The number of hydrogen-bond donors (Lipinski definition) is 2. The number of ether oxygens (including phenoxy) is 1. The van der Waals surface area contributed by atoms with Crippen LogP contribution in [0.3, 0.4) is 0 Å². The maximum Gasteiger partial charge on any atom is 0.134 e. The number of hydrogen-bond acceptors (Lipinski definition) is 6. The molecule has 0 bridgehead atoms. The van der Waals surface area contributed by atoms with Gasteiger partial charge in [-0.05, 0) is 20.4 Å². The normalized spacial score (nSPS) is 20.1. The van der Waals surface area contributed by atoms with Crippen LogP contribution in [-0.2, 0) is 11.2 Å². The molecule has 6 nitrogen and oxygen atoms in total. The molecular weight excluding hydrogens is 254 g/mol. The maximum atomic E-state index is 5.95. The number of nitrogen functional groups attached to an aromatic ring is 1. The van der Waals surface area contributed by atoms with Crippen LogP contribution in [0.1, 0.15) is 24.7 Å². The van der Waals surface area contributed by atoms with E-state index in [4.69, 9.17) is 10.5 Å². The average molecular weight is 279 g/mol. The van der Waals surface area contributed by atoms with Gasteiger partial charge in [0, 0.05) is 31.6 Å². The van der Waals surface area contributed by atoms with Crippen molar-refractivity contribution in [2.75, 3.05) is 44.3 Å². The molecule has 1 saturated heterocycles. The summed E-state index contributed by atoms with van der Waals surface area (Å²) in [6.07, 6.45) is 2.05. The van der Waals surface area contributed by atoms with Crippen LogP contribution >= 0.6 is 0 Å². The first kappa shape index (κ1) is 15.0. The van der Waals surface area contributed by atoms with E-state index in [0.717, 1.165) is 56.3 Å². The van der Waals surface area contributed by atoms with Crippen LogP contribution in [0, 0.1) is 6.92 Å². The number of likely N-dealkylation sites (N-methyl/N-ethyl adjacent to an activating group) is 1. The van der Waals surface area contributed by atoms with Crippen molar-refractivity contribution in [3.05, 3.63) is 11.4 Å². The molecule has 2 heterocycles. The second kappa shape index (κ2) is 6.85. The van der Waals surface area contributed by atoms with Crippen molar-refractivity contribution in [1.29, 1.82) is 0 Å².